The first-order valence-corrected chi connectivity index (χ1v) is 8.13. The molecule has 4 rings (SSSR count). The third-order valence-electron chi connectivity index (χ3n) is 4.03. The Bertz CT molecular complexity index is 1130. The summed E-state index contributed by atoms with van der Waals surface area (Å²) in [5.74, 6) is 0.463. The smallest absolute Gasteiger partial charge is 0.193 e. The lowest BCUT2D eigenvalue weighted by atomic mass is 10.1. The normalized spacial score (nSPS) is 11.7. The van der Waals surface area contributed by atoms with Gasteiger partial charge in [-0.05, 0) is 38.1 Å². The van der Waals surface area contributed by atoms with Gasteiger partial charge in [0.1, 0.15) is 11.3 Å². The van der Waals surface area contributed by atoms with Crippen molar-refractivity contribution in [2.24, 2.45) is 0 Å². The first kappa shape index (κ1) is 15.0. The largest absolute Gasteiger partial charge is 0.454 e. The molecule has 2 aromatic heterocycles. The van der Waals surface area contributed by atoms with Crippen LogP contribution in [0.15, 0.2) is 57.7 Å². The highest BCUT2D eigenvalue weighted by Crippen LogP contribution is 2.30. The summed E-state index contributed by atoms with van der Waals surface area (Å²) in [5, 5.41) is 6.63. The zero-order valence-electron chi connectivity index (χ0n) is 13.3. The Hall–Kier alpha value is -2.59. The first-order chi connectivity index (χ1) is 11.5. The van der Waals surface area contributed by atoms with Crippen LogP contribution in [0.3, 0.4) is 0 Å². The predicted octanol–water partition coefficient (Wildman–Crippen LogP) is 5.04. The minimum atomic E-state index is -0.128. The summed E-state index contributed by atoms with van der Waals surface area (Å²) in [6.07, 6.45) is 0. The average molecular weight is 339 g/mol. The van der Waals surface area contributed by atoms with E-state index in [4.69, 9.17) is 16.0 Å². The second-order valence-corrected chi connectivity index (χ2v) is 6.46. The molecule has 0 bridgehead atoms. The van der Waals surface area contributed by atoms with Crippen LogP contribution >= 0.6 is 11.6 Å². The first-order valence-electron chi connectivity index (χ1n) is 7.75. The second kappa shape index (κ2) is 5.49. The van der Waals surface area contributed by atoms with Crippen molar-refractivity contribution in [3.63, 3.8) is 0 Å². The molecule has 0 aliphatic carbocycles. The van der Waals surface area contributed by atoms with Crippen molar-refractivity contribution in [1.82, 2.24) is 9.78 Å². The summed E-state index contributed by atoms with van der Waals surface area (Å²) >= 11 is 5.97. The van der Waals surface area contributed by atoms with Crippen molar-refractivity contribution < 1.29 is 4.42 Å². The van der Waals surface area contributed by atoms with Gasteiger partial charge in [0.25, 0.3) is 0 Å². The number of rotatable bonds is 2. The van der Waals surface area contributed by atoms with Crippen molar-refractivity contribution in [2.75, 3.05) is 0 Å². The molecule has 0 atom stereocenters. The van der Waals surface area contributed by atoms with Crippen molar-refractivity contribution in [1.29, 1.82) is 0 Å². The molecule has 5 heteroatoms. The van der Waals surface area contributed by atoms with Gasteiger partial charge >= 0.3 is 0 Å². The molecular formula is C19H15ClN2O2. The summed E-state index contributed by atoms with van der Waals surface area (Å²) in [6.45, 7) is 4.14. The van der Waals surface area contributed by atoms with E-state index < -0.39 is 0 Å². The summed E-state index contributed by atoms with van der Waals surface area (Å²) in [6, 6.07) is 14.7. The van der Waals surface area contributed by atoms with Gasteiger partial charge in [-0.15, -0.1) is 0 Å². The molecule has 0 N–H and O–H groups in total. The highest BCUT2D eigenvalue weighted by Gasteiger charge is 2.17. The Balaban J connectivity index is 2.03. The summed E-state index contributed by atoms with van der Waals surface area (Å²) < 4.78 is 7.89. The molecule has 4 aromatic rings. The van der Waals surface area contributed by atoms with Gasteiger partial charge in [-0.1, -0.05) is 29.8 Å². The van der Waals surface area contributed by atoms with Gasteiger partial charge in [0, 0.05) is 22.5 Å². The van der Waals surface area contributed by atoms with E-state index in [1.165, 1.54) is 6.07 Å². The van der Waals surface area contributed by atoms with Gasteiger partial charge in [0.05, 0.1) is 10.9 Å². The predicted molar refractivity (Wildman–Crippen MR) is 96.6 cm³/mol. The van der Waals surface area contributed by atoms with E-state index in [2.05, 4.69) is 18.9 Å². The molecule has 0 saturated heterocycles. The van der Waals surface area contributed by atoms with Crippen LogP contribution in [0.25, 0.3) is 33.3 Å². The molecule has 0 amide bonds. The minimum absolute atomic E-state index is 0.128. The Morgan fingerprint density at radius 3 is 2.67 bits per heavy atom. The molecular weight excluding hydrogens is 324 g/mol. The molecule has 0 aliphatic rings. The topological polar surface area (TPSA) is 48.0 Å². The quantitative estimate of drug-likeness (QED) is 0.514. The van der Waals surface area contributed by atoms with E-state index >= 15 is 0 Å². The third kappa shape index (κ3) is 2.31. The Labute approximate surface area is 143 Å². The molecule has 0 spiro atoms. The molecule has 2 heterocycles. The lowest BCUT2D eigenvalue weighted by Gasteiger charge is -2.06. The van der Waals surface area contributed by atoms with E-state index in [1.807, 2.05) is 28.9 Å². The Morgan fingerprint density at radius 2 is 1.88 bits per heavy atom. The van der Waals surface area contributed by atoms with Crippen molar-refractivity contribution in [3.8, 4) is 11.5 Å². The van der Waals surface area contributed by atoms with Gasteiger partial charge in [0.15, 0.2) is 11.2 Å². The van der Waals surface area contributed by atoms with E-state index in [9.17, 15) is 4.79 Å². The number of hydrogen-bond acceptors (Lipinski definition) is 3. The fraction of sp³-hybridized carbons (Fsp3) is 0.158. The summed E-state index contributed by atoms with van der Waals surface area (Å²) in [4.78, 5) is 12.4. The number of benzene rings is 2. The number of para-hydroxylation sites is 1. The second-order valence-electron chi connectivity index (χ2n) is 6.02. The monoisotopic (exact) mass is 338 g/mol. The molecule has 0 radical (unpaired) electrons. The van der Waals surface area contributed by atoms with Crippen molar-refractivity contribution in [2.45, 2.75) is 19.9 Å². The van der Waals surface area contributed by atoms with Gasteiger partial charge in [-0.2, -0.15) is 5.10 Å². The van der Waals surface area contributed by atoms with Crippen LogP contribution in [-0.4, -0.2) is 9.78 Å². The van der Waals surface area contributed by atoms with E-state index in [1.54, 1.807) is 18.2 Å². The Morgan fingerprint density at radius 1 is 1.08 bits per heavy atom. The molecule has 4 nitrogen and oxygen atoms in total. The molecule has 2 aromatic carbocycles. The molecule has 120 valence electrons. The average Bonchev–Trinajstić information content (AvgIpc) is 2.95. The third-order valence-corrected chi connectivity index (χ3v) is 4.26. The summed E-state index contributed by atoms with van der Waals surface area (Å²) in [7, 11) is 0. The van der Waals surface area contributed by atoms with Crippen molar-refractivity contribution in [3.05, 3.63) is 63.8 Å². The van der Waals surface area contributed by atoms with Crippen LogP contribution in [0, 0.1) is 0 Å². The van der Waals surface area contributed by atoms with Crippen molar-refractivity contribution >= 4 is 33.5 Å². The molecule has 0 fully saturated rings. The number of hydrogen-bond donors (Lipinski definition) is 0. The number of aromatic nitrogens is 2. The zero-order chi connectivity index (χ0) is 16.8. The van der Waals surface area contributed by atoms with Crippen LogP contribution in [0.2, 0.25) is 5.02 Å². The number of halogens is 1. The minimum Gasteiger partial charge on any atom is -0.454 e. The maximum absolute atomic E-state index is 12.4. The Kier molecular flexibility index (Phi) is 3.43. The van der Waals surface area contributed by atoms with Crippen LogP contribution in [0.1, 0.15) is 19.9 Å². The maximum Gasteiger partial charge on any atom is 0.193 e. The van der Waals surface area contributed by atoms with E-state index in [0.29, 0.717) is 27.4 Å². The van der Waals surface area contributed by atoms with E-state index in [-0.39, 0.29) is 11.5 Å². The fourth-order valence-electron chi connectivity index (χ4n) is 2.91. The number of nitrogens with zero attached hydrogens (tertiary/aromatic N) is 2. The van der Waals surface area contributed by atoms with Gasteiger partial charge in [-0.25, -0.2) is 0 Å². The lowest BCUT2D eigenvalue weighted by molar-refractivity contribution is 0.547. The fourth-order valence-corrected chi connectivity index (χ4v) is 3.08. The molecule has 0 unspecified atom stereocenters. The highest BCUT2D eigenvalue weighted by molar-refractivity contribution is 6.31. The molecule has 0 saturated carbocycles. The van der Waals surface area contributed by atoms with Crippen LogP contribution < -0.4 is 5.43 Å². The molecule has 0 aliphatic heterocycles. The van der Waals surface area contributed by atoms with Gasteiger partial charge in [-0.3, -0.25) is 9.48 Å². The highest BCUT2D eigenvalue weighted by atomic mass is 35.5. The zero-order valence-corrected chi connectivity index (χ0v) is 14.0. The van der Waals surface area contributed by atoms with Crippen LogP contribution in [0.4, 0.5) is 0 Å². The summed E-state index contributed by atoms with van der Waals surface area (Å²) in [5.41, 5.74) is 2.07. The van der Waals surface area contributed by atoms with E-state index in [0.717, 1.165) is 10.9 Å². The van der Waals surface area contributed by atoms with Gasteiger partial charge < -0.3 is 4.42 Å². The number of fused-ring (bicyclic) bond motifs is 2. The standard InChI is InChI=1S/C19H15ClN2O2/c1-11(2)22-15-6-4-3-5-13(15)19(21-22)18-10-16(23)14-9-12(20)7-8-17(14)24-18/h3-11H,1-2H3. The van der Waals surface area contributed by atoms with Crippen LogP contribution in [0.5, 0.6) is 0 Å². The van der Waals surface area contributed by atoms with Crippen LogP contribution in [-0.2, 0) is 0 Å². The SMILES string of the molecule is CC(C)n1nc(-c2cc(=O)c3cc(Cl)ccc3o2)c2ccccc21. The molecule has 24 heavy (non-hydrogen) atoms. The van der Waals surface area contributed by atoms with Gasteiger partial charge in [0.2, 0.25) is 0 Å². The maximum atomic E-state index is 12.4. The lowest BCUT2D eigenvalue weighted by Crippen LogP contribution is -2.03.